The Balaban J connectivity index is 0.000000169. The Bertz CT molecular complexity index is 1070. The molecule has 0 spiro atoms. The van der Waals surface area contributed by atoms with Crippen LogP contribution >= 0.6 is 0 Å². The van der Waals surface area contributed by atoms with E-state index in [-0.39, 0.29) is 0 Å². The molecular formula is C21H17N2O4S-. The van der Waals surface area contributed by atoms with E-state index < -0.39 is 28.1 Å². The van der Waals surface area contributed by atoms with Gasteiger partial charge in [-0.25, -0.2) is 0 Å². The second-order valence-corrected chi connectivity index (χ2v) is 7.17. The summed E-state index contributed by atoms with van der Waals surface area (Å²) in [6.45, 7) is 0. The van der Waals surface area contributed by atoms with Crippen LogP contribution in [0.4, 0.5) is 0 Å². The molecule has 0 saturated heterocycles. The van der Waals surface area contributed by atoms with Gasteiger partial charge < -0.3 is 16.0 Å². The highest BCUT2D eigenvalue weighted by Gasteiger charge is 2.17. The standard InChI is InChI=1S/C13H10O2S.C8H8N2O2/c14-16(15)12-8-7-10-4-1-3-9-5-2-6-11(12)13(9)10;9-7(11)5-1-2-6(4-3-5)8(10)12/h1-8,12H,(H,14,15);1-4H,(H2,9,11)(H2,10,12)/p-1. The van der Waals surface area contributed by atoms with Crippen molar-refractivity contribution in [2.24, 2.45) is 11.5 Å². The Morgan fingerprint density at radius 2 is 1.39 bits per heavy atom. The number of rotatable bonds is 3. The summed E-state index contributed by atoms with van der Waals surface area (Å²) in [7, 11) is 0. The summed E-state index contributed by atoms with van der Waals surface area (Å²) in [4.78, 5) is 21.2. The van der Waals surface area contributed by atoms with Crippen LogP contribution in [0.3, 0.4) is 0 Å². The van der Waals surface area contributed by atoms with Gasteiger partial charge in [-0.3, -0.25) is 13.8 Å². The van der Waals surface area contributed by atoms with Gasteiger partial charge in [0.1, 0.15) is 0 Å². The Morgan fingerprint density at radius 1 is 0.857 bits per heavy atom. The van der Waals surface area contributed by atoms with Crippen molar-refractivity contribution in [2.45, 2.75) is 5.25 Å². The first-order valence-corrected chi connectivity index (χ1v) is 9.50. The largest absolute Gasteiger partial charge is 0.772 e. The highest BCUT2D eigenvalue weighted by atomic mass is 32.2. The summed E-state index contributed by atoms with van der Waals surface area (Å²) in [5.41, 5.74) is 12.7. The zero-order chi connectivity index (χ0) is 20.3. The van der Waals surface area contributed by atoms with Crippen LogP contribution in [-0.2, 0) is 11.1 Å². The van der Waals surface area contributed by atoms with Crippen LogP contribution < -0.4 is 11.5 Å². The zero-order valence-corrected chi connectivity index (χ0v) is 15.5. The van der Waals surface area contributed by atoms with Crippen molar-refractivity contribution in [1.82, 2.24) is 0 Å². The molecule has 3 aromatic rings. The summed E-state index contributed by atoms with van der Waals surface area (Å²) in [5.74, 6) is -1.04. The lowest BCUT2D eigenvalue weighted by Crippen LogP contribution is -2.13. The quantitative estimate of drug-likeness (QED) is 0.663. The van der Waals surface area contributed by atoms with E-state index in [1.807, 2.05) is 42.5 Å². The molecule has 0 aliphatic heterocycles. The van der Waals surface area contributed by atoms with E-state index in [2.05, 4.69) is 0 Å². The molecule has 2 atom stereocenters. The Labute approximate surface area is 164 Å². The van der Waals surface area contributed by atoms with Crippen molar-refractivity contribution in [1.29, 1.82) is 0 Å². The first-order valence-electron chi connectivity index (χ1n) is 8.36. The van der Waals surface area contributed by atoms with Gasteiger partial charge in [0.15, 0.2) is 0 Å². The third kappa shape index (κ3) is 4.00. The minimum absolute atomic E-state index is 0.361. The van der Waals surface area contributed by atoms with Crippen LogP contribution in [0.5, 0.6) is 0 Å². The maximum absolute atomic E-state index is 11.2. The summed E-state index contributed by atoms with van der Waals surface area (Å²) in [5, 5.41) is 1.63. The Kier molecular flexibility index (Phi) is 5.67. The number of amides is 2. The monoisotopic (exact) mass is 393 g/mol. The van der Waals surface area contributed by atoms with E-state index in [0.717, 1.165) is 21.9 Å². The molecule has 1 aliphatic carbocycles. The maximum atomic E-state index is 11.2. The van der Waals surface area contributed by atoms with E-state index in [4.69, 9.17) is 11.5 Å². The SMILES string of the molecule is NC(=O)c1ccc(C(N)=O)cc1.O=S([O-])C1C=Cc2cccc3cccc1c23. The molecule has 0 saturated carbocycles. The summed E-state index contributed by atoms with van der Waals surface area (Å²) in [6.07, 6.45) is 3.62. The van der Waals surface area contributed by atoms with E-state index in [1.54, 1.807) is 6.08 Å². The van der Waals surface area contributed by atoms with Crippen molar-refractivity contribution in [3.05, 3.63) is 89.0 Å². The second kappa shape index (κ2) is 8.16. The molecule has 4 N–H and O–H groups in total. The third-order valence-corrected chi connectivity index (χ3v) is 5.21. The molecule has 142 valence electrons. The Hall–Kier alpha value is -3.29. The van der Waals surface area contributed by atoms with E-state index in [9.17, 15) is 18.4 Å². The lowest BCUT2D eigenvalue weighted by molar-refractivity contribution is 0.0988. The topological polar surface area (TPSA) is 126 Å². The number of primary amides is 2. The van der Waals surface area contributed by atoms with Crippen molar-refractivity contribution in [3.8, 4) is 0 Å². The molecule has 6 nitrogen and oxygen atoms in total. The molecule has 3 aromatic carbocycles. The van der Waals surface area contributed by atoms with E-state index in [0.29, 0.717) is 11.1 Å². The first-order chi connectivity index (χ1) is 13.4. The summed E-state index contributed by atoms with van der Waals surface area (Å²) >= 11 is -2.10. The molecule has 7 heteroatoms. The second-order valence-electron chi connectivity index (χ2n) is 6.14. The lowest BCUT2D eigenvalue weighted by atomic mass is 9.93. The predicted octanol–water partition coefficient (Wildman–Crippen LogP) is 2.67. The molecule has 1 aliphatic rings. The molecule has 4 rings (SSSR count). The fourth-order valence-electron chi connectivity index (χ4n) is 3.04. The molecule has 0 heterocycles. The normalized spacial score (nSPS) is 15.4. The van der Waals surface area contributed by atoms with E-state index in [1.165, 1.54) is 24.3 Å². The lowest BCUT2D eigenvalue weighted by Gasteiger charge is -2.22. The van der Waals surface area contributed by atoms with Crippen LogP contribution in [0.25, 0.3) is 16.8 Å². The summed E-state index contributed by atoms with van der Waals surface area (Å²) in [6, 6.07) is 17.6. The maximum Gasteiger partial charge on any atom is 0.248 e. The van der Waals surface area contributed by atoms with Gasteiger partial charge in [0.25, 0.3) is 0 Å². The minimum Gasteiger partial charge on any atom is -0.772 e. The van der Waals surface area contributed by atoms with Crippen LogP contribution in [0.15, 0.2) is 66.7 Å². The van der Waals surface area contributed by atoms with E-state index >= 15 is 0 Å². The number of hydrogen-bond donors (Lipinski definition) is 2. The molecule has 0 fully saturated rings. The summed E-state index contributed by atoms with van der Waals surface area (Å²) < 4.78 is 22.3. The van der Waals surface area contributed by atoms with Gasteiger partial charge in [0, 0.05) is 11.1 Å². The smallest absolute Gasteiger partial charge is 0.248 e. The first kappa shape index (κ1) is 19.5. The van der Waals surface area contributed by atoms with Gasteiger partial charge in [-0.15, -0.1) is 0 Å². The number of carbonyl (C=O) groups is 2. The number of hydrogen-bond acceptors (Lipinski definition) is 4. The van der Waals surface area contributed by atoms with Crippen LogP contribution in [0, 0.1) is 0 Å². The van der Waals surface area contributed by atoms with Crippen LogP contribution in [-0.4, -0.2) is 20.6 Å². The number of carbonyl (C=O) groups excluding carboxylic acids is 2. The van der Waals surface area contributed by atoms with Crippen molar-refractivity contribution in [3.63, 3.8) is 0 Å². The number of nitrogens with two attached hydrogens (primary N) is 2. The molecule has 2 unspecified atom stereocenters. The minimum atomic E-state index is -2.10. The van der Waals surface area contributed by atoms with Crippen molar-refractivity contribution >= 4 is 39.7 Å². The zero-order valence-electron chi connectivity index (χ0n) is 14.7. The molecule has 0 aromatic heterocycles. The average Bonchev–Trinajstić information content (AvgIpc) is 2.69. The van der Waals surface area contributed by atoms with Gasteiger partial charge in [-0.1, -0.05) is 48.6 Å². The van der Waals surface area contributed by atoms with Gasteiger partial charge >= 0.3 is 0 Å². The third-order valence-electron chi connectivity index (χ3n) is 4.39. The highest BCUT2D eigenvalue weighted by Crippen LogP contribution is 2.35. The molecular weight excluding hydrogens is 376 g/mol. The van der Waals surface area contributed by atoms with Gasteiger partial charge in [-0.05, 0) is 57.2 Å². The predicted molar refractivity (Wildman–Crippen MR) is 108 cm³/mol. The van der Waals surface area contributed by atoms with Crippen molar-refractivity contribution in [2.75, 3.05) is 0 Å². The average molecular weight is 393 g/mol. The van der Waals surface area contributed by atoms with Gasteiger partial charge in [0.05, 0.1) is 5.25 Å². The van der Waals surface area contributed by atoms with Gasteiger partial charge in [-0.2, -0.15) is 0 Å². The fourth-order valence-corrected chi connectivity index (χ4v) is 3.65. The molecule has 2 amide bonds. The molecule has 28 heavy (non-hydrogen) atoms. The molecule has 0 bridgehead atoms. The number of benzene rings is 3. The Morgan fingerprint density at radius 3 is 1.89 bits per heavy atom. The van der Waals surface area contributed by atoms with Crippen molar-refractivity contribution < 1.29 is 18.4 Å². The highest BCUT2D eigenvalue weighted by molar-refractivity contribution is 7.79. The van der Waals surface area contributed by atoms with Crippen LogP contribution in [0.1, 0.15) is 37.1 Å². The van der Waals surface area contributed by atoms with Gasteiger partial charge in [0.2, 0.25) is 11.8 Å². The van der Waals surface area contributed by atoms with Crippen LogP contribution in [0.2, 0.25) is 0 Å². The fraction of sp³-hybridized carbons (Fsp3) is 0.0476. The molecule has 0 radical (unpaired) electrons.